The molecular formula is C24H30N2O5S. The molecule has 0 aliphatic carbocycles. The van der Waals surface area contributed by atoms with Crippen LogP contribution in [-0.2, 0) is 24.3 Å². The Morgan fingerprint density at radius 2 is 1.47 bits per heavy atom. The number of carbonyl (C=O) groups is 2. The van der Waals surface area contributed by atoms with Crippen LogP contribution in [0, 0.1) is 5.92 Å². The quantitative estimate of drug-likeness (QED) is 0.613. The van der Waals surface area contributed by atoms with Crippen molar-refractivity contribution < 1.29 is 22.7 Å². The van der Waals surface area contributed by atoms with Crippen LogP contribution in [0.1, 0.15) is 44.8 Å². The van der Waals surface area contributed by atoms with Crippen LogP contribution in [0.3, 0.4) is 0 Å². The van der Waals surface area contributed by atoms with E-state index in [2.05, 4.69) is 4.72 Å². The van der Waals surface area contributed by atoms with Crippen molar-refractivity contribution in [3.05, 3.63) is 66.2 Å². The van der Waals surface area contributed by atoms with Gasteiger partial charge in [-0.05, 0) is 37.3 Å². The second-order valence-corrected chi connectivity index (χ2v) is 9.98. The molecule has 0 bridgehead atoms. The first-order valence-corrected chi connectivity index (χ1v) is 12.4. The van der Waals surface area contributed by atoms with E-state index in [-0.39, 0.29) is 16.7 Å². The molecule has 1 saturated heterocycles. The molecule has 172 valence electrons. The summed E-state index contributed by atoms with van der Waals surface area (Å²) >= 11 is 0. The van der Waals surface area contributed by atoms with Gasteiger partial charge < -0.3 is 9.64 Å². The molecule has 2 aromatic rings. The van der Waals surface area contributed by atoms with Gasteiger partial charge in [0.15, 0.2) is 0 Å². The van der Waals surface area contributed by atoms with Gasteiger partial charge in [-0.3, -0.25) is 9.59 Å². The number of esters is 1. The highest BCUT2D eigenvalue weighted by Crippen LogP contribution is 2.24. The summed E-state index contributed by atoms with van der Waals surface area (Å²) in [7, 11) is -3.94. The summed E-state index contributed by atoms with van der Waals surface area (Å²) < 4.78 is 33.7. The monoisotopic (exact) mass is 458 g/mol. The minimum Gasteiger partial charge on any atom is -0.446 e. The van der Waals surface area contributed by atoms with Crippen LogP contribution in [0.15, 0.2) is 65.6 Å². The Hall–Kier alpha value is -2.71. The smallest absolute Gasteiger partial charge is 0.325 e. The normalized spacial score (nSPS) is 16.4. The average molecular weight is 459 g/mol. The number of amides is 1. The summed E-state index contributed by atoms with van der Waals surface area (Å²) in [5, 5.41) is 0. The van der Waals surface area contributed by atoms with E-state index >= 15 is 0 Å². The maximum absolute atomic E-state index is 13.2. The fourth-order valence-corrected chi connectivity index (χ4v) is 5.00. The molecule has 1 aliphatic rings. The molecule has 1 N–H and O–H groups in total. The van der Waals surface area contributed by atoms with Gasteiger partial charge in [-0.25, -0.2) is 8.42 Å². The third-order valence-electron chi connectivity index (χ3n) is 5.48. The third kappa shape index (κ3) is 5.95. The number of nitrogens with one attached hydrogen (secondary N) is 1. The van der Waals surface area contributed by atoms with Crippen molar-refractivity contribution in [1.82, 2.24) is 9.62 Å². The minimum absolute atomic E-state index is 0.0578. The van der Waals surface area contributed by atoms with Crippen LogP contribution >= 0.6 is 0 Å². The number of sulfonamides is 1. The highest BCUT2D eigenvalue weighted by Gasteiger charge is 2.35. The number of likely N-dealkylation sites (tertiary alicyclic amines) is 1. The van der Waals surface area contributed by atoms with E-state index in [0.29, 0.717) is 18.7 Å². The first-order valence-electron chi connectivity index (χ1n) is 10.9. The van der Waals surface area contributed by atoms with Crippen molar-refractivity contribution in [3.63, 3.8) is 0 Å². The summed E-state index contributed by atoms with van der Waals surface area (Å²) in [5.74, 6) is -1.45. The van der Waals surface area contributed by atoms with Gasteiger partial charge in [0.05, 0.1) is 4.90 Å². The minimum atomic E-state index is -3.94. The molecular weight excluding hydrogens is 428 g/mol. The molecule has 0 saturated carbocycles. The van der Waals surface area contributed by atoms with Crippen LogP contribution < -0.4 is 4.72 Å². The van der Waals surface area contributed by atoms with Gasteiger partial charge in [0.1, 0.15) is 6.04 Å². The largest absolute Gasteiger partial charge is 0.446 e. The van der Waals surface area contributed by atoms with Crippen molar-refractivity contribution >= 4 is 21.9 Å². The molecule has 1 fully saturated rings. The SMILES string of the molecule is CC(C)[C@H](NS(=O)(=O)c1ccccc1)C(=O)O[C@@H](C(=O)N1CCCCC1)c1ccccc1. The molecule has 8 heteroatoms. The van der Waals surface area contributed by atoms with Crippen molar-refractivity contribution in [2.24, 2.45) is 5.92 Å². The average Bonchev–Trinajstić information content (AvgIpc) is 2.82. The lowest BCUT2D eigenvalue weighted by Crippen LogP contribution is -2.47. The predicted octanol–water partition coefficient (Wildman–Crippen LogP) is 3.29. The van der Waals surface area contributed by atoms with Crippen molar-refractivity contribution in [2.75, 3.05) is 13.1 Å². The number of benzene rings is 2. The number of rotatable bonds is 8. The molecule has 32 heavy (non-hydrogen) atoms. The molecule has 1 heterocycles. The molecule has 2 aromatic carbocycles. The first-order chi connectivity index (χ1) is 15.3. The number of carbonyl (C=O) groups excluding carboxylic acids is 2. The summed E-state index contributed by atoms with van der Waals surface area (Å²) in [6.45, 7) is 4.69. The van der Waals surface area contributed by atoms with E-state index in [0.717, 1.165) is 19.3 Å². The molecule has 7 nitrogen and oxygen atoms in total. The summed E-state index contributed by atoms with van der Waals surface area (Å²) in [6, 6.07) is 15.5. The van der Waals surface area contributed by atoms with Gasteiger partial charge in [0.25, 0.3) is 5.91 Å². The van der Waals surface area contributed by atoms with Crippen molar-refractivity contribution in [1.29, 1.82) is 0 Å². The van der Waals surface area contributed by atoms with E-state index in [1.807, 2.05) is 6.07 Å². The molecule has 1 aliphatic heterocycles. The number of hydrogen-bond donors (Lipinski definition) is 1. The van der Waals surface area contributed by atoms with Crippen LogP contribution in [0.4, 0.5) is 0 Å². The first kappa shape index (κ1) is 23.9. The molecule has 1 amide bonds. The maximum atomic E-state index is 13.2. The van der Waals surface area contributed by atoms with E-state index in [1.165, 1.54) is 12.1 Å². The number of piperidine rings is 1. The number of ether oxygens (including phenoxy) is 1. The maximum Gasteiger partial charge on any atom is 0.325 e. The van der Waals surface area contributed by atoms with Crippen LogP contribution in [-0.4, -0.2) is 44.3 Å². The van der Waals surface area contributed by atoms with Gasteiger partial charge in [-0.2, -0.15) is 4.72 Å². The molecule has 0 radical (unpaired) electrons. The van der Waals surface area contributed by atoms with Crippen molar-refractivity contribution in [2.45, 2.75) is 50.2 Å². The van der Waals surface area contributed by atoms with Crippen molar-refractivity contribution in [3.8, 4) is 0 Å². The van der Waals surface area contributed by atoms with E-state index in [4.69, 9.17) is 4.74 Å². The Bertz CT molecular complexity index is 1000. The molecule has 2 atom stereocenters. The molecule has 0 unspecified atom stereocenters. The zero-order chi connectivity index (χ0) is 23.1. The summed E-state index contributed by atoms with van der Waals surface area (Å²) in [6.07, 6.45) is 1.76. The highest BCUT2D eigenvalue weighted by atomic mass is 32.2. The fraction of sp³-hybridized carbons (Fsp3) is 0.417. The van der Waals surface area contributed by atoms with Gasteiger partial charge in [-0.1, -0.05) is 62.4 Å². The molecule has 0 spiro atoms. The van der Waals surface area contributed by atoms with E-state index in [1.54, 1.807) is 61.2 Å². The lowest BCUT2D eigenvalue weighted by atomic mass is 10.0. The number of hydrogen-bond acceptors (Lipinski definition) is 5. The van der Waals surface area contributed by atoms with Crippen LogP contribution in [0.5, 0.6) is 0 Å². The van der Waals surface area contributed by atoms with Gasteiger partial charge in [0, 0.05) is 18.7 Å². The summed E-state index contributed by atoms with van der Waals surface area (Å²) in [5.41, 5.74) is 0.560. The Kier molecular flexibility index (Phi) is 8.04. The molecule has 3 rings (SSSR count). The summed E-state index contributed by atoms with van der Waals surface area (Å²) in [4.78, 5) is 28.2. The lowest BCUT2D eigenvalue weighted by molar-refractivity contribution is -0.163. The number of nitrogens with zero attached hydrogens (tertiary/aromatic N) is 1. The second-order valence-electron chi connectivity index (χ2n) is 8.27. The Balaban J connectivity index is 1.83. The third-order valence-corrected chi connectivity index (χ3v) is 6.94. The van der Waals surface area contributed by atoms with Gasteiger partial charge in [-0.15, -0.1) is 0 Å². The highest BCUT2D eigenvalue weighted by molar-refractivity contribution is 7.89. The van der Waals surface area contributed by atoms with Gasteiger partial charge in [0.2, 0.25) is 16.1 Å². The Morgan fingerprint density at radius 1 is 0.906 bits per heavy atom. The van der Waals surface area contributed by atoms with Crippen LogP contribution in [0.25, 0.3) is 0 Å². The Labute approximate surface area is 189 Å². The van der Waals surface area contributed by atoms with Crippen LogP contribution in [0.2, 0.25) is 0 Å². The van der Waals surface area contributed by atoms with E-state index in [9.17, 15) is 18.0 Å². The fourth-order valence-electron chi connectivity index (χ4n) is 3.65. The topological polar surface area (TPSA) is 92.8 Å². The second kappa shape index (κ2) is 10.7. The van der Waals surface area contributed by atoms with E-state index < -0.39 is 28.1 Å². The zero-order valence-corrected chi connectivity index (χ0v) is 19.3. The van der Waals surface area contributed by atoms with Gasteiger partial charge >= 0.3 is 5.97 Å². The standard InChI is InChI=1S/C24H30N2O5S/c1-18(2)21(25-32(29,30)20-14-8-4-9-15-20)24(28)31-22(19-12-6-3-7-13-19)23(27)26-16-10-5-11-17-26/h3-4,6-9,12-15,18,21-22,25H,5,10-11,16-17H2,1-2H3/t21-,22+/m0/s1. The molecule has 0 aromatic heterocycles. The zero-order valence-electron chi connectivity index (χ0n) is 18.4. The predicted molar refractivity (Wildman–Crippen MR) is 121 cm³/mol. The lowest BCUT2D eigenvalue weighted by Gasteiger charge is -2.31. The Morgan fingerprint density at radius 3 is 2.03 bits per heavy atom.